The van der Waals surface area contributed by atoms with Crippen molar-refractivity contribution in [3.8, 4) is 23.0 Å². The predicted molar refractivity (Wildman–Crippen MR) is 83.3 cm³/mol. The Morgan fingerprint density at radius 1 is 1.09 bits per heavy atom. The highest BCUT2D eigenvalue weighted by atomic mass is 35.5. The van der Waals surface area contributed by atoms with Gasteiger partial charge in [0, 0.05) is 24.7 Å². The number of furan rings is 1. The number of rotatable bonds is 4. The van der Waals surface area contributed by atoms with Crippen molar-refractivity contribution in [1.82, 2.24) is 14.4 Å². The standard InChI is InChI=1S/C14H12ClN3O4S/c1-18(2)23(19,20)12-8-7-11(21-12)14-16-13(17-22-14)9-3-5-10(15)6-4-9/h3-8H,1-2H3. The van der Waals surface area contributed by atoms with Gasteiger partial charge in [0.15, 0.2) is 5.76 Å². The summed E-state index contributed by atoms with van der Waals surface area (Å²) in [4.78, 5) is 4.20. The van der Waals surface area contributed by atoms with E-state index in [1.807, 2.05) is 0 Å². The Bertz CT molecular complexity index is 929. The summed E-state index contributed by atoms with van der Waals surface area (Å²) in [7, 11) is -0.813. The lowest BCUT2D eigenvalue weighted by Gasteiger charge is -2.07. The lowest BCUT2D eigenvalue weighted by Crippen LogP contribution is -2.21. The molecule has 0 atom stereocenters. The molecule has 0 saturated heterocycles. The van der Waals surface area contributed by atoms with Crippen molar-refractivity contribution in [1.29, 1.82) is 0 Å². The molecule has 3 rings (SSSR count). The maximum absolute atomic E-state index is 12.0. The van der Waals surface area contributed by atoms with Crippen LogP contribution in [0.1, 0.15) is 0 Å². The Morgan fingerprint density at radius 2 is 1.78 bits per heavy atom. The molecule has 0 aliphatic carbocycles. The fourth-order valence-electron chi connectivity index (χ4n) is 1.79. The molecule has 2 aromatic heterocycles. The van der Waals surface area contributed by atoms with Gasteiger partial charge in [-0.1, -0.05) is 16.8 Å². The van der Waals surface area contributed by atoms with E-state index in [2.05, 4.69) is 10.1 Å². The second kappa shape index (κ2) is 5.80. The summed E-state index contributed by atoms with van der Waals surface area (Å²) in [5.41, 5.74) is 0.720. The van der Waals surface area contributed by atoms with Crippen molar-refractivity contribution in [2.75, 3.05) is 14.1 Å². The first kappa shape index (κ1) is 15.7. The van der Waals surface area contributed by atoms with Crippen molar-refractivity contribution < 1.29 is 17.4 Å². The van der Waals surface area contributed by atoms with Gasteiger partial charge in [0.05, 0.1) is 0 Å². The maximum Gasteiger partial charge on any atom is 0.293 e. The molecule has 3 aromatic rings. The molecule has 23 heavy (non-hydrogen) atoms. The Kier molecular flexibility index (Phi) is 3.97. The average Bonchev–Trinajstić information content (AvgIpc) is 3.17. The summed E-state index contributed by atoms with van der Waals surface area (Å²) in [6.45, 7) is 0. The van der Waals surface area contributed by atoms with E-state index in [0.717, 1.165) is 9.87 Å². The smallest absolute Gasteiger partial charge is 0.293 e. The molecular formula is C14H12ClN3O4S. The molecule has 120 valence electrons. The molecule has 0 N–H and O–H groups in total. The van der Waals surface area contributed by atoms with Gasteiger partial charge in [-0.2, -0.15) is 4.98 Å². The summed E-state index contributed by atoms with van der Waals surface area (Å²) >= 11 is 5.83. The highest BCUT2D eigenvalue weighted by molar-refractivity contribution is 7.88. The second-order valence-corrected chi connectivity index (χ2v) is 7.36. The van der Waals surface area contributed by atoms with Crippen LogP contribution in [0.15, 0.2) is 50.4 Å². The zero-order chi connectivity index (χ0) is 16.6. The summed E-state index contributed by atoms with van der Waals surface area (Å²) in [5.74, 6) is 0.623. The molecule has 7 nitrogen and oxygen atoms in total. The van der Waals surface area contributed by atoms with Crippen LogP contribution in [-0.4, -0.2) is 37.0 Å². The summed E-state index contributed by atoms with van der Waals surface area (Å²) in [6.07, 6.45) is 0. The summed E-state index contributed by atoms with van der Waals surface area (Å²) in [5, 5.41) is 4.26. The van der Waals surface area contributed by atoms with Gasteiger partial charge in [-0.15, -0.1) is 0 Å². The third-order valence-electron chi connectivity index (χ3n) is 3.06. The molecule has 0 spiro atoms. The number of aromatic nitrogens is 2. The maximum atomic E-state index is 12.0. The van der Waals surface area contributed by atoms with E-state index >= 15 is 0 Å². The van der Waals surface area contributed by atoms with Crippen LogP contribution in [0.3, 0.4) is 0 Å². The second-order valence-electron chi connectivity index (χ2n) is 4.84. The highest BCUT2D eigenvalue weighted by Gasteiger charge is 2.23. The molecule has 0 bridgehead atoms. The van der Waals surface area contributed by atoms with Crippen LogP contribution >= 0.6 is 11.6 Å². The summed E-state index contributed by atoms with van der Waals surface area (Å²) < 4.78 is 35.5. The molecule has 2 heterocycles. The SMILES string of the molecule is CN(C)S(=O)(=O)c1ccc(-c2nc(-c3ccc(Cl)cc3)no2)o1. The number of nitrogens with zero attached hydrogens (tertiary/aromatic N) is 3. The average molecular weight is 354 g/mol. The molecule has 0 fully saturated rings. The third-order valence-corrected chi connectivity index (χ3v) is 5.00. The van der Waals surface area contributed by atoms with E-state index in [4.69, 9.17) is 20.5 Å². The molecule has 0 unspecified atom stereocenters. The molecular weight excluding hydrogens is 342 g/mol. The predicted octanol–water partition coefficient (Wildman–Crippen LogP) is 2.90. The van der Waals surface area contributed by atoms with Crippen molar-refractivity contribution in [3.05, 3.63) is 41.4 Å². The van der Waals surface area contributed by atoms with Crippen LogP contribution in [0.5, 0.6) is 0 Å². The van der Waals surface area contributed by atoms with Gasteiger partial charge in [-0.25, -0.2) is 12.7 Å². The quantitative estimate of drug-likeness (QED) is 0.716. The Hall–Kier alpha value is -2.16. The van der Waals surface area contributed by atoms with E-state index < -0.39 is 10.0 Å². The van der Waals surface area contributed by atoms with Gasteiger partial charge in [0.1, 0.15) is 0 Å². The first-order valence-corrected chi connectivity index (χ1v) is 8.32. The molecule has 0 radical (unpaired) electrons. The Balaban J connectivity index is 1.92. The van der Waals surface area contributed by atoms with Gasteiger partial charge in [-0.05, 0) is 36.4 Å². The lowest BCUT2D eigenvalue weighted by atomic mass is 10.2. The minimum Gasteiger partial charge on any atom is -0.438 e. The number of halogens is 1. The monoisotopic (exact) mass is 353 g/mol. The van der Waals surface area contributed by atoms with Gasteiger partial charge in [0.2, 0.25) is 10.9 Å². The number of hydrogen-bond acceptors (Lipinski definition) is 6. The molecule has 0 saturated carbocycles. The Labute approximate surface area is 137 Å². The van der Waals surface area contributed by atoms with Crippen LogP contribution < -0.4 is 0 Å². The fourth-order valence-corrected chi connectivity index (χ4v) is 2.71. The van der Waals surface area contributed by atoms with Crippen LogP contribution in [0.2, 0.25) is 5.02 Å². The van der Waals surface area contributed by atoms with E-state index in [-0.39, 0.29) is 16.7 Å². The van der Waals surface area contributed by atoms with Crippen molar-refractivity contribution in [2.45, 2.75) is 5.09 Å². The molecule has 1 aromatic carbocycles. The Morgan fingerprint density at radius 3 is 2.43 bits per heavy atom. The minimum absolute atomic E-state index is 0.0927. The van der Waals surface area contributed by atoms with Crippen LogP contribution in [0, 0.1) is 0 Å². The summed E-state index contributed by atoms with van der Waals surface area (Å²) in [6, 6.07) is 9.73. The number of hydrogen-bond donors (Lipinski definition) is 0. The first-order chi connectivity index (χ1) is 10.9. The highest BCUT2D eigenvalue weighted by Crippen LogP contribution is 2.27. The zero-order valence-corrected chi connectivity index (χ0v) is 13.8. The van der Waals surface area contributed by atoms with Crippen molar-refractivity contribution in [3.63, 3.8) is 0 Å². The van der Waals surface area contributed by atoms with Gasteiger partial charge in [0.25, 0.3) is 15.9 Å². The van der Waals surface area contributed by atoms with Crippen LogP contribution in [-0.2, 0) is 10.0 Å². The fraction of sp³-hybridized carbons (Fsp3) is 0.143. The van der Waals surface area contributed by atoms with Crippen molar-refractivity contribution >= 4 is 21.6 Å². The van der Waals surface area contributed by atoms with Gasteiger partial charge < -0.3 is 8.94 Å². The zero-order valence-electron chi connectivity index (χ0n) is 12.2. The largest absolute Gasteiger partial charge is 0.438 e. The van der Waals surface area contributed by atoms with E-state index in [9.17, 15) is 8.42 Å². The van der Waals surface area contributed by atoms with E-state index in [1.54, 1.807) is 24.3 Å². The van der Waals surface area contributed by atoms with Crippen LogP contribution in [0.4, 0.5) is 0 Å². The van der Waals surface area contributed by atoms with Gasteiger partial charge >= 0.3 is 0 Å². The normalized spacial score (nSPS) is 12.0. The van der Waals surface area contributed by atoms with E-state index in [1.165, 1.54) is 26.2 Å². The minimum atomic E-state index is -3.65. The lowest BCUT2D eigenvalue weighted by molar-refractivity contribution is 0.393. The molecule has 9 heteroatoms. The molecule has 0 aliphatic heterocycles. The topological polar surface area (TPSA) is 89.4 Å². The molecule has 0 amide bonds. The first-order valence-electron chi connectivity index (χ1n) is 6.50. The van der Waals surface area contributed by atoms with Gasteiger partial charge in [-0.3, -0.25) is 0 Å². The number of benzene rings is 1. The number of sulfonamides is 1. The van der Waals surface area contributed by atoms with Crippen molar-refractivity contribution in [2.24, 2.45) is 0 Å². The van der Waals surface area contributed by atoms with E-state index in [0.29, 0.717) is 10.8 Å². The molecule has 0 aliphatic rings. The third kappa shape index (κ3) is 3.00. The van der Waals surface area contributed by atoms with Crippen LogP contribution in [0.25, 0.3) is 23.0 Å².